The second-order valence-electron chi connectivity index (χ2n) is 13.4. The smallest absolute Gasteiger partial charge is 0.418 e. The van der Waals surface area contributed by atoms with Gasteiger partial charge in [-0.3, -0.25) is 9.79 Å². The van der Waals surface area contributed by atoms with E-state index >= 15 is 8.78 Å². The predicted molar refractivity (Wildman–Crippen MR) is 177 cm³/mol. The number of hydrogen-bond donors (Lipinski definition) is 0. The highest BCUT2D eigenvalue weighted by atomic mass is 35.5. The quantitative estimate of drug-likeness (QED) is 0.114. The third kappa shape index (κ3) is 10.1. The molecular weight excluding hydrogens is 642 g/mol. The van der Waals surface area contributed by atoms with E-state index in [1.54, 1.807) is 34.6 Å². The Morgan fingerprint density at radius 2 is 1.87 bits per heavy atom. The molecule has 1 aromatic heterocycles. The van der Waals surface area contributed by atoms with Crippen molar-refractivity contribution in [1.29, 1.82) is 0 Å². The first-order valence-corrected chi connectivity index (χ1v) is 19.3. The Morgan fingerprint density at radius 1 is 1.18 bits per heavy atom. The minimum absolute atomic E-state index is 0.00864. The summed E-state index contributed by atoms with van der Waals surface area (Å²) in [6.45, 7) is 15.3. The van der Waals surface area contributed by atoms with Gasteiger partial charge in [0.15, 0.2) is 11.0 Å². The highest BCUT2D eigenvalue weighted by Crippen LogP contribution is 2.48. The van der Waals surface area contributed by atoms with Gasteiger partial charge in [0.25, 0.3) is 0 Å². The average Bonchev–Trinajstić information content (AvgIpc) is 2.91. The number of hydrogen-bond acceptors (Lipinski definition) is 9. The van der Waals surface area contributed by atoms with Gasteiger partial charge in [0.2, 0.25) is 0 Å². The maximum atomic E-state index is 15.6. The zero-order valence-electron chi connectivity index (χ0n) is 27.2. The van der Waals surface area contributed by atoms with Gasteiger partial charge in [0, 0.05) is 26.7 Å². The Balaban J connectivity index is 2.12. The zero-order chi connectivity index (χ0) is 33.8. The van der Waals surface area contributed by atoms with Crippen LogP contribution in [0.1, 0.15) is 57.9 Å². The van der Waals surface area contributed by atoms with Gasteiger partial charge in [-0.25, -0.2) is 28.4 Å². The number of aromatic nitrogens is 2. The van der Waals surface area contributed by atoms with Crippen LogP contribution >= 0.6 is 23.4 Å². The number of amides is 1. The highest BCUT2D eigenvalue weighted by Gasteiger charge is 2.50. The lowest BCUT2D eigenvalue weighted by Gasteiger charge is -2.42. The number of thioether (sulfide) groups is 1. The Labute approximate surface area is 273 Å². The molecule has 2 aromatic rings. The van der Waals surface area contributed by atoms with Crippen molar-refractivity contribution in [2.45, 2.75) is 82.6 Å². The summed E-state index contributed by atoms with van der Waals surface area (Å²) >= 11 is 6.78. The summed E-state index contributed by atoms with van der Waals surface area (Å²) in [5, 5.41) is 0.213. The van der Waals surface area contributed by atoms with Crippen molar-refractivity contribution in [1.82, 2.24) is 14.9 Å². The molecule has 0 unspecified atom stereocenters. The first-order chi connectivity index (χ1) is 20.7. The van der Waals surface area contributed by atoms with Gasteiger partial charge in [0.05, 0.1) is 25.0 Å². The van der Waals surface area contributed by atoms with E-state index in [0.29, 0.717) is 12.2 Å². The van der Waals surface area contributed by atoms with Crippen molar-refractivity contribution in [3.8, 4) is 0 Å². The van der Waals surface area contributed by atoms with E-state index in [0.717, 1.165) is 17.8 Å². The Hall–Kier alpha value is -2.87. The lowest BCUT2D eigenvalue weighted by atomic mass is 9.82. The summed E-state index contributed by atoms with van der Waals surface area (Å²) in [4.78, 5) is 40.6. The number of aliphatic imine (C=N–C) groups is 1. The third-order valence-corrected chi connectivity index (χ3v) is 9.90. The molecule has 1 amide bonds. The van der Waals surface area contributed by atoms with Gasteiger partial charge in [0.1, 0.15) is 33.7 Å². The van der Waals surface area contributed by atoms with Crippen LogP contribution in [0, 0.1) is 5.82 Å². The summed E-state index contributed by atoms with van der Waals surface area (Å²) in [6, 6.07) is 4.92. The molecule has 0 saturated heterocycles. The SMILES string of the molecule is COC(=O)[C@]1(C)C[C@@](C)(c2cc(/C=C(\F)c3cnc(Cl)cn3)ccc2F)N=C(N(COCC[Si](C)(C)C)C(=O)OC(C)(C)C)S1. The Bertz CT molecular complexity index is 1470. The van der Waals surface area contributed by atoms with Gasteiger partial charge in [-0.05, 0) is 64.4 Å². The number of carbonyl (C=O) groups excluding carboxylic acids is 2. The number of nitrogens with zero attached hydrogens (tertiary/aromatic N) is 4. The minimum Gasteiger partial charge on any atom is -0.468 e. The van der Waals surface area contributed by atoms with Crippen molar-refractivity contribution in [3.05, 3.63) is 58.4 Å². The molecule has 3 rings (SSSR count). The molecule has 1 aliphatic rings. The van der Waals surface area contributed by atoms with Crippen LogP contribution in [0.3, 0.4) is 0 Å². The van der Waals surface area contributed by atoms with Crippen molar-refractivity contribution in [3.63, 3.8) is 0 Å². The first kappa shape index (κ1) is 36.6. The lowest BCUT2D eigenvalue weighted by Crippen LogP contribution is -2.50. The standard InChI is InChI=1S/C31H41ClF2N4O5SSi/c1-29(2,3)43-28(40)38(19-42-12-13-45(7,8)9)27-37-30(4,18-31(5,44-27)26(39)41-6)21-14-20(10-11-22(21)33)15-23(34)24-16-36-25(32)17-35-24/h10-11,14-17H,12-13,18-19H2,1-9H3/b23-15-/t30-,31-/m0/s1. The Kier molecular flexibility index (Phi) is 11.6. The monoisotopic (exact) mass is 682 g/mol. The number of amidine groups is 1. The molecule has 14 heteroatoms. The number of halogens is 3. The van der Waals surface area contributed by atoms with E-state index < -0.39 is 47.7 Å². The average molecular weight is 683 g/mol. The van der Waals surface area contributed by atoms with E-state index in [1.165, 1.54) is 48.7 Å². The zero-order valence-corrected chi connectivity index (χ0v) is 29.7. The van der Waals surface area contributed by atoms with Crippen LogP contribution in [0.2, 0.25) is 30.8 Å². The number of ether oxygens (including phenoxy) is 3. The molecule has 0 N–H and O–H groups in total. The third-order valence-electron chi connectivity index (χ3n) is 6.75. The molecule has 2 atom stereocenters. The van der Waals surface area contributed by atoms with E-state index in [-0.39, 0.29) is 34.7 Å². The molecule has 0 saturated carbocycles. The van der Waals surface area contributed by atoms with Crippen molar-refractivity contribution in [2.75, 3.05) is 20.4 Å². The summed E-state index contributed by atoms with van der Waals surface area (Å²) < 4.78 is 46.2. The largest absolute Gasteiger partial charge is 0.468 e. The molecule has 1 aromatic carbocycles. The molecule has 246 valence electrons. The summed E-state index contributed by atoms with van der Waals surface area (Å²) in [5.41, 5.74) is -1.88. The summed E-state index contributed by atoms with van der Waals surface area (Å²) in [7, 11) is -0.174. The molecule has 0 radical (unpaired) electrons. The van der Waals surface area contributed by atoms with Crippen molar-refractivity contribution >= 4 is 60.6 Å². The van der Waals surface area contributed by atoms with Crippen LogP contribution in [0.15, 0.2) is 35.6 Å². The van der Waals surface area contributed by atoms with Crippen LogP contribution in [0.5, 0.6) is 0 Å². The number of methoxy groups -OCH3 is 1. The van der Waals surface area contributed by atoms with Gasteiger partial charge >= 0.3 is 12.1 Å². The molecular formula is C31H41ClF2N4O5SSi. The normalized spacial score (nSPS) is 20.8. The molecule has 0 bridgehead atoms. The van der Waals surface area contributed by atoms with Crippen molar-refractivity contribution < 1.29 is 32.6 Å². The van der Waals surface area contributed by atoms with Crippen LogP contribution in [0.25, 0.3) is 11.9 Å². The predicted octanol–water partition coefficient (Wildman–Crippen LogP) is 7.93. The van der Waals surface area contributed by atoms with E-state index in [9.17, 15) is 9.59 Å². The topological polar surface area (TPSA) is 103 Å². The first-order valence-electron chi connectivity index (χ1n) is 14.4. The van der Waals surface area contributed by atoms with Crippen LogP contribution in [-0.2, 0) is 24.5 Å². The number of benzene rings is 1. The second-order valence-corrected chi connectivity index (χ2v) is 20.9. The maximum absolute atomic E-state index is 15.6. The van der Waals surface area contributed by atoms with E-state index in [4.69, 9.17) is 30.8 Å². The minimum atomic E-state index is -1.43. The molecule has 0 aliphatic carbocycles. The number of esters is 1. The maximum Gasteiger partial charge on any atom is 0.418 e. The van der Waals surface area contributed by atoms with E-state index in [2.05, 4.69) is 29.6 Å². The van der Waals surface area contributed by atoms with Gasteiger partial charge in [-0.1, -0.05) is 49.1 Å². The highest BCUT2D eigenvalue weighted by molar-refractivity contribution is 8.15. The molecule has 2 heterocycles. The Morgan fingerprint density at radius 3 is 2.44 bits per heavy atom. The van der Waals surface area contributed by atoms with Gasteiger partial charge in [-0.2, -0.15) is 0 Å². The molecule has 45 heavy (non-hydrogen) atoms. The lowest BCUT2D eigenvalue weighted by molar-refractivity contribution is -0.143. The molecule has 0 fully saturated rings. The summed E-state index contributed by atoms with van der Waals surface area (Å²) in [6.07, 6.45) is 2.87. The summed E-state index contributed by atoms with van der Waals surface area (Å²) in [5.74, 6) is -1.92. The van der Waals surface area contributed by atoms with Crippen LogP contribution < -0.4 is 0 Å². The fraction of sp³-hybridized carbons (Fsp3) is 0.516. The van der Waals surface area contributed by atoms with Gasteiger partial charge in [-0.15, -0.1) is 0 Å². The molecule has 9 nitrogen and oxygen atoms in total. The number of carbonyl (C=O) groups is 2. The molecule has 0 spiro atoms. The van der Waals surface area contributed by atoms with Crippen LogP contribution in [0.4, 0.5) is 13.6 Å². The van der Waals surface area contributed by atoms with E-state index in [1.807, 2.05) is 0 Å². The fourth-order valence-electron chi connectivity index (χ4n) is 4.51. The van der Waals surface area contributed by atoms with Crippen molar-refractivity contribution in [2.24, 2.45) is 4.99 Å². The number of rotatable bonds is 9. The molecule has 1 aliphatic heterocycles. The van der Waals surface area contributed by atoms with Gasteiger partial charge < -0.3 is 14.2 Å². The second kappa shape index (κ2) is 14.3. The van der Waals surface area contributed by atoms with Crippen LogP contribution in [-0.4, -0.2) is 71.0 Å². The fourth-order valence-corrected chi connectivity index (χ4v) is 6.77.